The quantitative estimate of drug-likeness (QED) is 0.114. The summed E-state index contributed by atoms with van der Waals surface area (Å²) in [5, 5.41) is 2.37. The first-order valence-electron chi connectivity index (χ1n) is 31.5. The topological polar surface area (TPSA) is 82.3 Å². The summed E-state index contributed by atoms with van der Waals surface area (Å²) in [7, 11) is 0. The third kappa shape index (κ3) is 11.7. The lowest BCUT2D eigenvalue weighted by Gasteiger charge is -2.12. The maximum Gasteiger partial charge on any atom is 0.0886 e. The predicted octanol–water partition coefficient (Wildman–Crippen LogP) is 22.2. The maximum atomic E-state index is 4.81. The molecular weight excluding hydrogens is 1130 g/mol. The van der Waals surface area contributed by atoms with Crippen LogP contribution in [0.5, 0.6) is 0 Å². The zero-order valence-electron chi connectivity index (χ0n) is 51.4. The van der Waals surface area contributed by atoms with Crippen molar-refractivity contribution in [3.05, 3.63) is 334 Å². The van der Waals surface area contributed by atoms with Crippen LogP contribution in [0.1, 0.15) is 13.8 Å². The Morgan fingerprint density at radius 1 is 0.204 bits per heavy atom. The van der Waals surface area contributed by atoms with Gasteiger partial charge in [-0.25, -0.2) is 0 Å². The van der Waals surface area contributed by atoms with E-state index in [-0.39, 0.29) is 0 Å². The van der Waals surface area contributed by atoms with Crippen LogP contribution in [0.4, 0.5) is 0 Å². The molecule has 0 aliphatic carbocycles. The Kier molecular flexibility index (Phi) is 15.8. The van der Waals surface area contributed by atoms with Crippen molar-refractivity contribution < 1.29 is 0 Å². The van der Waals surface area contributed by atoms with Gasteiger partial charge in [0.25, 0.3) is 0 Å². The lowest BCUT2D eigenvalue weighted by molar-refractivity contribution is 1.18. The van der Waals surface area contributed by atoms with Crippen LogP contribution < -0.4 is 0 Å². The van der Waals surface area contributed by atoms with Gasteiger partial charge in [0.1, 0.15) is 0 Å². The molecule has 0 fully saturated rings. The lowest BCUT2D eigenvalue weighted by atomic mass is 9.93. The largest absolute Gasteiger partial charge is 0.309 e. The van der Waals surface area contributed by atoms with Crippen molar-refractivity contribution in [3.8, 4) is 140 Å². The van der Waals surface area contributed by atoms with Gasteiger partial charge in [0.2, 0.25) is 0 Å². The van der Waals surface area contributed by atoms with E-state index in [4.69, 9.17) is 15.0 Å². The molecule has 0 atom stereocenters. The molecule has 0 bridgehead atoms. The molecule has 7 heteroatoms. The van der Waals surface area contributed by atoms with Gasteiger partial charge in [-0.15, -0.1) is 0 Å². The second kappa shape index (κ2) is 25.6. The smallest absolute Gasteiger partial charge is 0.0886 e. The van der Waals surface area contributed by atoms with Crippen molar-refractivity contribution >= 4 is 21.8 Å². The summed E-state index contributed by atoms with van der Waals surface area (Å²) in [5.74, 6) is 0. The SMILES string of the molecule is CC.c1ccc(-c2ccc(-c3cccc(-c4ccc(-c5ccc(-n6c7ccc(-c8ccc(-c9cccc(-c%10ccc(-c%11ccccn%11)nc%10)c9)cc8)cc7c7cc(-c8ccc(-c9ccccc9-c9ccc(-c%10ccccn%10)nc9)cc8)ccc76)cc5)cc4)c3)cn2)nc1. The minimum atomic E-state index is 0.849. The molecule has 7 aromatic heterocycles. The zero-order valence-corrected chi connectivity index (χ0v) is 51.4. The number of pyridine rings is 6. The van der Waals surface area contributed by atoms with Crippen molar-refractivity contribution in [2.24, 2.45) is 0 Å². The molecule has 0 saturated heterocycles. The number of rotatable bonds is 13. The van der Waals surface area contributed by atoms with Crippen molar-refractivity contribution in [1.82, 2.24) is 34.5 Å². The third-order valence-electron chi connectivity index (χ3n) is 17.2. The van der Waals surface area contributed by atoms with Gasteiger partial charge in [0.15, 0.2) is 0 Å². The molecule has 0 unspecified atom stereocenters. The molecule has 0 aliphatic heterocycles. The summed E-state index contributed by atoms with van der Waals surface area (Å²) < 4.78 is 2.41. The minimum Gasteiger partial charge on any atom is -0.309 e. The van der Waals surface area contributed by atoms with E-state index in [1.807, 2.05) is 99.2 Å². The number of hydrogen-bond donors (Lipinski definition) is 0. The highest BCUT2D eigenvalue weighted by Crippen LogP contribution is 2.40. The Morgan fingerprint density at radius 2 is 0.495 bits per heavy atom. The summed E-state index contributed by atoms with van der Waals surface area (Å²) in [4.78, 5) is 27.8. The number of hydrogen-bond acceptors (Lipinski definition) is 6. The van der Waals surface area contributed by atoms with Crippen molar-refractivity contribution in [1.29, 1.82) is 0 Å². The van der Waals surface area contributed by atoms with Crippen LogP contribution in [-0.4, -0.2) is 34.5 Å². The minimum absolute atomic E-state index is 0.849. The van der Waals surface area contributed by atoms with Gasteiger partial charge in [-0.05, 0) is 187 Å². The molecule has 16 rings (SSSR count). The highest BCUT2D eigenvalue weighted by molar-refractivity contribution is 6.12. The summed E-state index contributed by atoms with van der Waals surface area (Å²) in [6.07, 6.45) is 11.2. The number of nitrogens with zero attached hydrogens (tertiary/aromatic N) is 7. The van der Waals surface area contributed by atoms with Crippen molar-refractivity contribution in [2.45, 2.75) is 13.8 Å². The molecule has 0 aliphatic rings. The van der Waals surface area contributed by atoms with Gasteiger partial charge >= 0.3 is 0 Å². The Morgan fingerprint density at radius 3 is 0.860 bits per heavy atom. The van der Waals surface area contributed by atoms with Gasteiger partial charge in [-0.1, -0.05) is 208 Å². The number of aromatic nitrogens is 7. The normalized spacial score (nSPS) is 11.1. The van der Waals surface area contributed by atoms with Gasteiger partial charge in [-0.2, -0.15) is 0 Å². The first-order chi connectivity index (χ1) is 46.1. The first kappa shape index (κ1) is 57.1. The third-order valence-corrected chi connectivity index (χ3v) is 17.2. The van der Waals surface area contributed by atoms with Crippen molar-refractivity contribution in [3.63, 3.8) is 0 Å². The molecule has 16 aromatic rings. The van der Waals surface area contributed by atoms with Gasteiger partial charge in [0.05, 0.1) is 45.2 Å². The molecule has 9 aromatic carbocycles. The fourth-order valence-corrected chi connectivity index (χ4v) is 12.4. The Balaban J connectivity index is 0.00000355. The van der Waals surface area contributed by atoms with E-state index in [1.54, 1.807) is 18.6 Å². The first-order valence-corrected chi connectivity index (χ1v) is 31.5. The van der Waals surface area contributed by atoms with Crippen LogP contribution in [-0.2, 0) is 0 Å². The van der Waals surface area contributed by atoms with Crippen LogP contribution in [0.3, 0.4) is 0 Å². The molecule has 93 heavy (non-hydrogen) atoms. The average molecular weight is 1190 g/mol. The van der Waals surface area contributed by atoms with E-state index in [0.29, 0.717) is 0 Å². The molecule has 0 spiro atoms. The van der Waals surface area contributed by atoms with E-state index in [0.717, 1.165) is 151 Å². The molecule has 7 nitrogen and oxygen atoms in total. The lowest BCUT2D eigenvalue weighted by Crippen LogP contribution is -1.94. The molecule has 0 amide bonds. The average Bonchev–Trinajstić information content (AvgIpc) is 1.67. The second-order valence-electron chi connectivity index (χ2n) is 22.7. The second-order valence-corrected chi connectivity index (χ2v) is 22.7. The highest BCUT2D eigenvalue weighted by Gasteiger charge is 2.17. The summed E-state index contributed by atoms with van der Waals surface area (Å²) in [6, 6.07) is 106. The van der Waals surface area contributed by atoms with Gasteiger partial charge < -0.3 is 4.57 Å². The van der Waals surface area contributed by atoms with Crippen LogP contribution in [0, 0.1) is 0 Å². The zero-order chi connectivity index (χ0) is 62.5. The maximum absolute atomic E-state index is 4.81. The van der Waals surface area contributed by atoms with Crippen LogP contribution in [0.25, 0.3) is 162 Å². The molecule has 0 radical (unpaired) electrons. The standard InChI is InChI=1S/C84H55N7.C2H6/c1-2-16-74(71-36-43-82(90-55-71)79-19-5-8-48-87-79)73(15-1)62-30-28-61(29-31-62)68-38-45-84-76(52-68)75-51-67(60-26-24-59(25-27-60)64-12-10-14-66(50-64)70-35-42-81(89-54-70)78-18-4-7-47-86-78)37-44-83(75)91(84)72-39-32-57(33-40-72)56-20-22-58(23-21-56)63-11-9-13-65(49-63)69-34-41-80(88-53-69)77-17-3-6-46-85-77;1-2/h1-55H;1-2H3. The van der Waals surface area contributed by atoms with Gasteiger partial charge in [-0.3, -0.25) is 29.9 Å². The molecular formula is C86H61N7. The molecule has 440 valence electrons. The Labute approximate surface area is 541 Å². The Hall–Kier alpha value is -12.3. The number of fused-ring (bicyclic) bond motifs is 3. The van der Waals surface area contributed by atoms with Crippen LogP contribution in [0.2, 0.25) is 0 Å². The summed E-state index contributed by atoms with van der Waals surface area (Å²) >= 11 is 0. The van der Waals surface area contributed by atoms with E-state index in [9.17, 15) is 0 Å². The van der Waals surface area contributed by atoms with E-state index in [1.165, 1.54) is 10.8 Å². The van der Waals surface area contributed by atoms with Crippen LogP contribution >= 0.6 is 0 Å². The highest BCUT2D eigenvalue weighted by atomic mass is 15.0. The van der Waals surface area contributed by atoms with Gasteiger partial charge in [0, 0.05) is 70.3 Å². The van der Waals surface area contributed by atoms with E-state index in [2.05, 4.69) is 250 Å². The number of benzene rings is 9. The van der Waals surface area contributed by atoms with Crippen LogP contribution in [0.15, 0.2) is 334 Å². The fraction of sp³-hybridized carbons (Fsp3) is 0.0233. The molecule has 0 N–H and O–H groups in total. The molecule has 7 heterocycles. The summed E-state index contributed by atoms with van der Waals surface area (Å²) in [5.41, 5.74) is 28.8. The van der Waals surface area contributed by atoms with Crippen molar-refractivity contribution in [2.75, 3.05) is 0 Å². The molecule has 0 saturated carbocycles. The summed E-state index contributed by atoms with van der Waals surface area (Å²) in [6.45, 7) is 4.00. The monoisotopic (exact) mass is 1190 g/mol. The predicted molar refractivity (Wildman–Crippen MR) is 384 cm³/mol. The van der Waals surface area contributed by atoms with E-state index >= 15 is 0 Å². The van der Waals surface area contributed by atoms with E-state index < -0.39 is 0 Å². The Bertz CT molecular complexity index is 5250. The fourth-order valence-electron chi connectivity index (χ4n) is 12.4.